The summed E-state index contributed by atoms with van der Waals surface area (Å²) in [4.78, 5) is 20.5. The minimum absolute atomic E-state index is 0.0849. The van der Waals surface area contributed by atoms with Crippen LogP contribution in [0.5, 0.6) is 0 Å². The van der Waals surface area contributed by atoms with Gasteiger partial charge in [0.15, 0.2) is 5.65 Å². The highest BCUT2D eigenvalue weighted by atomic mass is 16.2. The van der Waals surface area contributed by atoms with Gasteiger partial charge in [-0.15, -0.1) is 0 Å². The third-order valence-corrected chi connectivity index (χ3v) is 5.59. The Morgan fingerprint density at radius 3 is 2.56 bits per heavy atom. The first-order chi connectivity index (χ1) is 12.5. The lowest BCUT2D eigenvalue weighted by molar-refractivity contribution is 0.0604. The molecule has 1 fully saturated rings. The fraction of sp³-hybridized carbons (Fsp3) is 0.667. The molecule has 1 amide bonds. The quantitative estimate of drug-likeness (QED) is 0.878. The number of carbonyl (C=O) groups is 1. The zero-order valence-electron chi connectivity index (χ0n) is 17.9. The molecule has 6 heteroatoms. The lowest BCUT2D eigenvalue weighted by atomic mass is 10.0. The first-order valence-corrected chi connectivity index (χ1v) is 9.97. The number of carbonyl (C=O) groups excluding carboxylic acids is 1. The maximum absolute atomic E-state index is 13.6. The van der Waals surface area contributed by atoms with E-state index in [1.807, 2.05) is 22.6 Å². The average Bonchev–Trinajstić information content (AvgIpc) is 2.93. The minimum atomic E-state index is -0.202. The molecule has 2 aromatic heterocycles. The number of hydrogen-bond acceptors (Lipinski definition) is 4. The second-order valence-corrected chi connectivity index (χ2v) is 9.10. The predicted molar refractivity (Wildman–Crippen MR) is 109 cm³/mol. The van der Waals surface area contributed by atoms with Crippen LogP contribution in [0.3, 0.4) is 0 Å². The van der Waals surface area contributed by atoms with Crippen LogP contribution in [0.4, 0.5) is 0 Å². The van der Waals surface area contributed by atoms with Crippen LogP contribution < -0.4 is 5.32 Å². The Bertz CT molecular complexity index is 862. The predicted octanol–water partition coefficient (Wildman–Crippen LogP) is 3.44. The van der Waals surface area contributed by atoms with Gasteiger partial charge in [-0.3, -0.25) is 4.79 Å². The Morgan fingerprint density at radius 1 is 1.30 bits per heavy atom. The van der Waals surface area contributed by atoms with E-state index in [1.54, 1.807) is 0 Å². The van der Waals surface area contributed by atoms with Gasteiger partial charge < -0.3 is 10.2 Å². The molecule has 3 rings (SSSR count). The standard InChI is InChI=1S/C21H33N5O/c1-12(2)17-11-16(20(27)25-10-9-22-13(3)15(25)5)18-14(4)24-26(19(18)23-17)21(6,7)8/h11-13,15,22H,9-10H2,1-8H3. The maximum atomic E-state index is 13.6. The molecule has 0 aliphatic carbocycles. The summed E-state index contributed by atoms with van der Waals surface area (Å²) in [5.41, 5.74) is 3.14. The van der Waals surface area contributed by atoms with Crippen LogP contribution in [-0.4, -0.2) is 50.7 Å². The second-order valence-electron chi connectivity index (χ2n) is 9.10. The highest BCUT2D eigenvalue weighted by molar-refractivity contribution is 6.06. The summed E-state index contributed by atoms with van der Waals surface area (Å²) < 4.78 is 1.96. The molecule has 148 valence electrons. The number of piperazine rings is 1. The van der Waals surface area contributed by atoms with Crippen LogP contribution in [0.2, 0.25) is 0 Å². The summed E-state index contributed by atoms with van der Waals surface area (Å²) in [7, 11) is 0. The lowest BCUT2D eigenvalue weighted by Gasteiger charge is -2.38. The van der Waals surface area contributed by atoms with Crippen LogP contribution in [-0.2, 0) is 5.54 Å². The number of amides is 1. The van der Waals surface area contributed by atoms with Crippen molar-refractivity contribution in [2.75, 3.05) is 13.1 Å². The van der Waals surface area contributed by atoms with Crippen molar-refractivity contribution >= 4 is 16.9 Å². The topological polar surface area (TPSA) is 63.1 Å². The van der Waals surface area contributed by atoms with Gasteiger partial charge in [0.1, 0.15) is 0 Å². The SMILES string of the molecule is Cc1nn(C(C)(C)C)c2nc(C(C)C)cc(C(=O)N3CCNC(C)C3C)c12. The van der Waals surface area contributed by atoms with E-state index in [0.29, 0.717) is 0 Å². The van der Waals surface area contributed by atoms with Crippen molar-refractivity contribution in [2.45, 2.75) is 78.9 Å². The van der Waals surface area contributed by atoms with Crippen LogP contribution >= 0.6 is 0 Å². The van der Waals surface area contributed by atoms with E-state index in [1.165, 1.54) is 0 Å². The Labute approximate surface area is 162 Å². The van der Waals surface area contributed by atoms with E-state index >= 15 is 0 Å². The number of hydrogen-bond donors (Lipinski definition) is 1. The summed E-state index contributed by atoms with van der Waals surface area (Å²) >= 11 is 0. The summed E-state index contributed by atoms with van der Waals surface area (Å²) in [6.45, 7) is 18.3. The average molecular weight is 372 g/mol. The van der Waals surface area contributed by atoms with Gasteiger partial charge in [0, 0.05) is 30.9 Å². The Hall–Kier alpha value is -1.95. The molecular formula is C21H33N5O. The van der Waals surface area contributed by atoms with Gasteiger partial charge in [-0.1, -0.05) is 13.8 Å². The fourth-order valence-corrected chi connectivity index (χ4v) is 3.74. The van der Waals surface area contributed by atoms with Crippen molar-refractivity contribution in [2.24, 2.45) is 0 Å². The number of nitrogens with zero attached hydrogens (tertiary/aromatic N) is 4. The highest BCUT2D eigenvalue weighted by Crippen LogP contribution is 2.30. The van der Waals surface area contributed by atoms with E-state index < -0.39 is 0 Å². The molecule has 1 N–H and O–H groups in total. The van der Waals surface area contributed by atoms with E-state index in [2.05, 4.69) is 53.8 Å². The molecule has 1 aliphatic heterocycles. The molecule has 0 spiro atoms. The second kappa shape index (κ2) is 6.89. The molecule has 2 aromatic rings. The van der Waals surface area contributed by atoms with Crippen molar-refractivity contribution in [3.63, 3.8) is 0 Å². The van der Waals surface area contributed by atoms with Gasteiger partial charge in [0.2, 0.25) is 0 Å². The Morgan fingerprint density at radius 2 is 1.96 bits per heavy atom. The van der Waals surface area contributed by atoms with Crippen molar-refractivity contribution in [1.29, 1.82) is 0 Å². The summed E-state index contributed by atoms with van der Waals surface area (Å²) in [5.74, 6) is 0.325. The molecule has 1 saturated heterocycles. The molecule has 3 heterocycles. The number of pyridine rings is 1. The number of fused-ring (bicyclic) bond motifs is 1. The van der Waals surface area contributed by atoms with Crippen molar-refractivity contribution in [3.05, 3.63) is 23.0 Å². The van der Waals surface area contributed by atoms with Gasteiger partial charge in [-0.25, -0.2) is 9.67 Å². The lowest BCUT2D eigenvalue weighted by Crippen LogP contribution is -2.57. The third-order valence-electron chi connectivity index (χ3n) is 5.59. The van der Waals surface area contributed by atoms with E-state index in [9.17, 15) is 4.79 Å². The molecule has 2 unspecified atom stereocenters. The fourth-order valence-electron chi connectivity index (χ4n) is 3.74. The van der Waals surface area contributed by atoms with E-state index in [4.69, 9.17) is 10.1 Å². The van der Waals surface area contributed by atoms with Crippen LogP contribution in [0.25, 0.3) is 11.0 Å². The summed E-state index contributed by atoms with van der Waals surface area (Å²) in [6, 6.07) is 2.41. The molecule has 0 saturated carbocycles. The maximum Gasteiger partial charge on any atom is 0.255 e. The first-order valence-electron chi connectivity index (χ1n) is 9.97. The van der Waals surface area contributed by atoms with Crippen LogP contribution in [0, 0.1) is 6.92 Å². The molecule has 2 atom stereocenters. The molecule has 27 heavy (non-hydrogen) atoms. The molecule has 0 bridgehead atoms. The monoisotopic (exact) mass is 371 g/mol. The first kappa shape index (κ1) is 19.8. The highest BCUT2D eigenvalue weighted by Gasteiger charge is 2.32. The van der Waals surface area contributed by atoms with Gasteiger partial charge in [-0.2, -0.15) is 5.10 Å². The van der Waals surface area contributed by atoms with Crippen molar-refractivity contribution in [1.82, 2.24) is 25.0 Å². The minimum Gasteiger partial charge on any atom is -0.333 e. The van der Waals surface area contributed by atoms with Crippen molar-refractivity contribution < 1.29 is 4.79 Å². The van der Waals surface area contributed by atoms with Gasteiger partial charge in [0.05, 0.1) is 22.2 Å². The van der Waals surface area contributed by atoms with Crippen LogP contribution in [0.15, 0.2) is 6.07 Å². The number of nitrogens with one attached hydrogen (secondary N) is 1. The Balaban J connectivity index is 2.22. The largest absolute Gasteiger partial charge is 0.333 e. The molecule has 6 nitrogen and oxygen atoms in total. The summed E-state index contributed by atoms with van der Waals surface area (Å²) in [5, 5.41) is 9.09. The molecular weight excluding hydrogens is 338 g/mol. The van der Waals surface area contributed by atoms with E-state index in [0.717, 1.165) is 41.1 Å². The third kappa shape index (κ3) is 3.47. The summed E-state index contributed by atoms with van der Waals surface area (Å²) in [6.07, 6.45) is 0. The number of rotatable bonds is 2. The number of aryl methyl sites for hydroxylation is 1. The zero-order chi connectivity index (χ0) is 20.1. The normalized spacial score (nSPS) is 21.3. The van der Waals surface area contributed by atoms with E-state index in [-0.39, 0.29) is 29.4 Å². The molecule has 0 aromatic carbocycles. The smallest absolute Gasteiger partial charge is 0.255 e. The molecule has 1 aliphatic rings. The van der Waals surface area contributed by atoms with Gasteiger partial charge in [-0.05, 0) is 53.5 Å². The van der Waals surface area contributed by atoms with Crippen molar-refractivity contribution in [3.8, 4) is 0 Å². The molecule has 0 radical (unpaired) electrons. The van der Waals surface area contributed by atoms with Crippen LogP contribution in [0.1, 0.15) is 76.1 Å². The zero-order valence-corrected chi connectivity index (χ0v) is 17.9. The van der Waals surface area contributed by atoms with Gasteiger partial charge in [0.25, 0.3) is 5.91 Å². The number of aromatic nitrogens is 3. The Kier molecular flexibility index (Phi) is 5.06. The van der Waals surface area contributed by atoms with Gasteiger partial charge >= 0.3 is 0 Å².